The third-order valence-electron chi connectivity index (χ3n) is 7.49. The predicted octanol–water partition coefficient (Wildman–Crippen LogP) is 6.94. The van der Waals surface area contributed by atoms with E-state index in [1.54, 1.807) is 5.57 Å². The van der Waals surface area contributed by atoms with Crippen LogP contribution in [0, 0.1) is 0 Å². The van der Waals surface area contributed by atoms with Crippen molar-refractivity contribution in [3.8, 4) is 0 Å². The molecular weight excluding hydrogens is 408 g/mol. The van der Waals surface area contributed by atoms with Crippen molar-refractivity contribution in [2.45, 2.75) is 72.0 Å². The Balaban J connectivity index is 0.000000151. The highest BCUT2D eigenvalue weighted by atomic mass is 16.7. The molecule has 0 amide bonds. The number of benzene rings is 2. The smallest absolute Gasteiger partial charge is 0.172 e. The molecule has 0 bridgehead atoms. The Morgan fingerprint density at radius 1 is 0.667 bits per heavy atom. The van der Waals surface area contributed by atoms with Gasteiger partial charge >= 0.3 is 0 Å². The van der Waals surface area contributed by atoms with Gasteiger partial charge in [0.1, 0.15) is 5.78 Å². The average molecular weight is 445 g/mol. The highest BCUT2D eigenvalue weighted by Gasteiger charge is 2.42. The molecule has 2 aromatic rings. The molecule has 0 unspecified atom stereocenters. The molecule has 2 aromatic carbocycles. The normalized spacial score (nSPS) is 21.3. The molecule has 0 aromatic heterocycles. The first kappa shape index (κ1) is 23.7. The van der Waals surface area contributed by atoms with Gasteiger partial charge in [0.2, 0.25) is 0 Å². The lowest BCUT2D eigenvalue weighted by Crippen LogP contribution is -2.32. The van der Waals surface area contributed by atoms with Gasteiger partial charge in [-0.3, -0.25) is 4.79 Å². The second kappa shape index (κ2) is 9.40. The second-order valence-electron chi connectivity index (χ2n) is 9.33. The fourth-order valence-electron chi connectivity index (χ4n) is 5.93. The van der Waals surface area contributed by atoms with Crippen molar-refractivity contribution in [1.82, 2.24) is 0 Å². The summed E-state index contributed by atoms with van der Waals surface area (Å²) >= 11 is 0. The molecule has 0 saturated carbocycles. The maximum absolute atomic E-state index is 11.4. The van der Waals surface area contributed by atoms with Crippen LogP contribution in [0.1, 0.15) is 75.6 Å². The Hall–Kier alpha value is -2.49. The number of carbonyl (C=O) groups excluding carboxylic acids is 1. The van der Waals surface area contributed by atoms with Crippen LogP contribution in [0.25, 0.3) is 11.1 Å². The molecule has 4 aliphatic carbocycles. The minimum absolute atomic E-state index is 0. The van der Waals surface area contributed by atoms with E-state index in [2.05, 4.69) is 48.5 Å². The standard InChI is InChI=1S/C15H16O2.C13H12O.2CH4/c1-2-4-13-11(3-1)9-12-5-6-15(10-14(12)13)16-7-8-17-15;14-11-6-5-10-7-9-3-1-2-4-12(9)13(10)8-11;;/h1-4H,5-10H2;1-4H,5-8H2;2*1H4. The molecule has 1 saturated heterocycles. The van der Waals surface area contributed by atoms with Gasteiger partial charge in [-0.15, -0.1) is 0 Å². The van der Waals surface area contributed by atoms with Crippen molar-refractivity contribution in [3.05, 3.63) is 81.9 Å². The number of fused-ring (bicyclic) bond motifs is 4. The molecule has 1 aliphatic heterocycles. The summed E-state index contributed by atoms with van der Waals surface area (Å²) in [6.07, 6.45) is 7.74. The minimum atomic E-state index is -0.295. The highest BCUT2D eigenvalue weighted by Crippen LogP contribution is 2.47. The summed E-state index contributed by atoms with van der Waals surface area (Å²) in [5.74, 6) is 0.108. The van der Waals surface area contributed by atoms with Crippen LogP contribution in [0.2, 0.25) is 0 Å². The zero-order chi connectivity index (χ0) is 20.8. The Morgan fingerprint density at radius 3 is 1.91 bits per heavy atom. The zero-order valence-electron chi connectivity index (χ0n) is 17.9. The van der Waals surface area contributed by atoms with Gasteiger partial charge in [0, 0.05) is 25.7 Å². The molecule has 174 valence electrons. The van der Waals surface area contributed by atoms with Crippen molar-refractivity contribution >= 4 is 16.9 Å². The number of Topliss-reactive ketones (excluding diaryl/α,β-unsaturated/α-hetero) is 1. The number of hydrogen-bond acceptors (Lipinski definition) is 3. The number of rotatable bonds is 0. The number of carbonyl (C=O) groups is 1. The summed E-state index contributed by atoms with van der Waals surface area (Å²) < 4.78 is 11.7. The van der Waals surface area contributed by atoms with Crippen LogP contribution in [0.4, 0.5) is 0 Å². The van der Waals surface area contributed by atoms with Gasteiger partial charge in [-0.2, -0.15) is 0 Å². The van der Waals surface area contributed by atoms with Crippen LogP contribution < -0.4 is 0 Å². The zero-order valence-corrected chi connectivity index (χ0v) is 17.9. The summed E-state index contributed by atoms with van der Waals surface area (Å²) in [7, 11) is 0. The van der Waals surface area contributed by atoms with E-state index in [-0.39, 0.29) is 20.6 Å². The lowest BCUT2D eigenvalue weighted by atomic mass is 9.87. The quantitative estimate of drug-likeness (QED) is 0.441. The lowest BCUT2D eigenvalue weighted by molar-refractivity contribution is -0.159. The average Bonchev–Trinajstić information content (AvgIpc) is 3.50. The molecule has 33 heavy (non-hydrogen) atoms. The summed E-state index contributed by atoms with van der Waals surface area (Å²) in [6.45, 7) is 1.51. The van der Waals surface area contributed by atoms with Gasteiger partial charge in [0.05, 0.1) is 13.2 Å². The Labute approximate surface area is 198 Å². The van der Waals surface area contributed by atoms with Crippen molar-refractivity contribution in [2.75, 3.05) is 13.2 Å². The summed E-state index contributed by atoms with van der Waals surface area (Å²) in [5, 5.41) is 0. The van der Waals surface area contributed by atoms with Crippen LogP contribution in [-0.4, -0.2) is 24.8 Å². The van der Waals surface area contributed by atoms with Gasteiger partial charge in [-0.1, -0.05) is 74.5 Å². The van der Waals surface area contributed by atoms with Crippen LogP contribution >= 0.6 is 0 Å². The summed E-state index contributed by atoms with van der Waals surface area (Å²) in [5.41, 5.74) is 11.6. The van der Waals surface area contributed by atoms with Crippen molar-refractivity contribution in [2.24, 2.45) is 0 Å². The number of allylic oxidation sites excluding steroid dienone is 3. The molecule has 3 heteroatoms. The SMILES string of the molecule is C.C.O=C1CCC2=C(C1)c1ccccc1C2.c1ccc2c(c1)CC1=C2CC2(CC1)OCCO2. The Bertz CT molecular complexity index is 1110. The van der Waals surface area contributed by atoms with E-state index < -0.39 is 0 Å². The van der Waals surface area contributed by atoms with Crippen molar-refractivity contribution < 1.29 is 14.3 Å². The van der Waals surface area contributed by atoms with Crippen LogP contribution in [0.5, 0.6) is 0 Å². The maximum atomic E-state index is 11.4. The van der Waals surface area contributed by atoms with Crippen LogP contribution in [0.3, 0.4) is 0 Å². The van der Waals surface area contributed by atoms with Crippen LogP contribution in [0.15, 0.2) is 59.7 Å². The van der Waals surface area contributed by atoms with E-state index in [9.17, 15) is 4.79 Å². The number of ketones is 1. The van der Waals surface area contributed by atoms with Gasteiger partial charge in [0.15, 0.2) is 5.79 Å². The number of ether oxygens (including phenoxy) is 2. The van der Waals surface area contributed by atoms with Gasteiger partial charge in [-0.25, -0.2) is 0 Å². The van der Waals surface area contributed by atoms with E-state index >= 15 is 0 Å². The second-order valence-corrected chi connectivity index (χ2v) is 9.33. The minimum Gasteiger partial charge on any atom is -0.347 e. The first-order valence-electron chi connectivity index (χ1n) is 11.6. The molecule has 1 spiro atoms. The van der Waals surface area contributed by atoms with E-state index in [0.717, 1.165) is 58.2 Å². The lowest BCUT2D eigenvalue weighted by Gasteiger charge is -2.32. The third-order valence-corrected chi connectivity index (χ3v) is 7.49. The first-order valence-corrected chi connectivity index (χ1v) is 11.6. The van der Waals surface area contributed by atoms with E-state index in [4.69, 9.17) is 9.47 Å². The molecular formula is C30H36O3. The topological polar surface area (TPSA) is 35.5 Å². The molecule has 0 N–H and O–H groups in total. The largest absolute Gasteiger partial charge is 0.347 e. The monoisotopic (exact) mass is 444 g/mol. The van der Waals surface area contributed by atoms with Gasteiger partial charge in [0.25, 0.3) is 0 Å². The van der Waals surface area contributed by atoms with Crippen molar-refractivity contribution in [3.63, 3.8) is 0 Å². The molecule has 5 aliphatic rings. The molecule has 1 fully saturated rings. The predicted molar refractivity (Wildman–Crippen MR) is 135 cm³/mol. The Kier molecular flexibility index (Phi) is 6.74. The first-order chi connectivity index (χ1) is 15.2. The molecule has 0 atom stereocenters. The van der Waals surface area contributed by atoms with Crippen LogP contribution in [-0.2, 0) is 27.1 Å². The highest BCUT2D eigenvalue weighted by molar-refractivity contribution is 5.95. The molecule has 3 nitrogen and oxygen atoms in total. The van der Waals surface area contributed by atoms with E-state index in [1.165, 1.54) is 39.0 Å². The fourth-order valence-corrected chi connectivity index (χ4v) is 5.93. The molecule has 1 heterocycles. The summed E-state index contributed by atoms with van der Waals surface area (Å²) in [4.78, 5) is 11.4. The van der Waals surface area contributed by atoms with E-state index in [0.29, 0.717) is 12.2 Å². The van der Waals surface area contributed by atoms with Gasteiger partial charge in [-0.05, 0) is 59.1 Å². The fraction of sp³-hybridized carbons (Fsp3) is 0.433. The third kappa shape index (κ3) is 4.25. The Morgan fingerprint density at radius 2 is 1.24 bits per heavy atom. The molecule has 0 radical (unpaired) electrons. The summed E-state index contributed by atoms with van der Waals surface area (Å²) in [6, 6.07) is 17.2. The molecule has 7 rings (SSSR count). The van der Waals surface area contributed by atoms with E-state index in [1.807, 2.05) is 0 Å². The van der Waals surface area contributed by atoms with Gasteiger partial charge < -0.3 is 9.47 Å². The van der Waals surface area contributed by atoms with Crippen molar-refractivity contribution in [1.29, 1.82) is 0 Å². The maximum Gasteiger partial charge on any atom is 0.172 e. The number of hydrogen-bond donors (Lipinski definition) is 0.